The largest absolute Gasteiger partial charge is 0.162 e. The lowest BCUT2D eigenvalue weighted by atomic mass is 10.1. The normalized spacial score (nSPS) is 11.3. The summed E-state index contributed by atoms with van der Waals surface area (Å²) >= 11 is 2.16. The monoisotopic (exact) mass is 272 g/mol. The summed E-state index contributed by atoms with van der Waals surface area (Å²) in [5.74, 6) is 3.64. The first-order valence-corrected chi connectivity index (χ1v) is 9.50. The quantitative estimate of drug-likeness (QED) is 0.318. The lowest BCUT2D eigenvalue weighted by Crippen LogP contribution is -1.91. The van der Waals surface area contributed by atoms with Crippen LogP contribution in [0.5, 0.6) is 0 Å². The molecule has 0 aromatic carbocycles. The van der Waals surface area contributed by atoms with Crippen LogP contribution >= 0.6 is 11.8 Å². The van der Waals surface area contributed by atoms with Gasteiger partial charge >= 0.3 is 0 Å². The number of rotatable bonds is 14. The Hall–Kier alpha value is 0.350. The van der Waals surface area contributed by atoms with Crippen molar-refractivity contribution >= 4 is 11.8 Å². The first-order chi connectivity index (χ1) is 8.77. The van der Waals surface area contributed by atoms with E-state index in [1.54, 1.807) is 0 Å². The van der Waals surface area contributed by atoms with E-state index in [2.05, 4.69) is 32.5 Å². The smallest absolute Gasteiger partial charge is 0.00651 e. The van der Waals surface area contributed by atoms with Gasteiger partial charge in [-0.3, -0.25) is 0 Å². The molecule has 0 spiro atoms. The third-order valence-corrected chi connectivity index (χ3v) is 4.58. The molecule has 0 heterocycles. The molecule has 0 atom stereocenters. The molecule has 1 heteroatoms. The minimum atomic E-state index is 0.880. The maximum absolute atomic E-state index is 2.32. The van der Waals surface area contributed by atoms with Crippen LogP contribution in [0.25, 0.3) is 0 Å². The fraction of sp³-hybridized carbons (Fsp3) is 1.00. The number of thioether (sulfide) groups is 1. The maximum atomic E-state index is 2.32. The van der Waals surface area contributed by atoms with Crippen LogP contribution in [0.3, 0.4) is 0 Å². The molecule has 0 aromatic heterocycles. The van der Waals surface area contributed by atoms with Crippen molar-refractivity contribution in [3.63, 3.8) is 0 Å². The van der Waals surface area contributed by atoms with Gasteiger partial charge in [0.2, 0.25) is 0 Å². The Morgan fingerprint density at radius 3 is 1.67 bits per heavy atom. The van der Waals surface area contributed by atoms with Gasteiger partial charge in [-0.15, -0.1) is 0 Å². The summed E-state index contributed by atoms with van der Waals surface area (Å²) in [6, 6.07) is 0. The van der Waals surface area contributed by atoms with Crippen molar-refractivity contribution < 1.29 is 0 Å². The highest BCUT2D eigenvalue weighted by atomic mass is 32.2. The minimum absolute atomic E-state index is 0.880. The third-order valence-electron chi connectivity index (χ3n) is 3.48. The molecule has 0 radical (unpaired) electrons. The highest BCUT2D eigenvalue weighted by Gasteiger charge is 1.95. The molecule has 0 rings (SSSR count). The first kappa shape index (κ1) is 18.4. The number of hydrogen-bond donors (Lipinski definition) is 0. The second-order valence-corrected chi connectivity index (χ2v) is 7.20. The molecule has 0 saturated heterocycles. The van der Waals surface area contributed by atoms with E-state index in [-0.39, 0.29) is 0 Å². The fourth-order valence-corrected chi connectivity index (χ4v) is 3.36. The average molecular weight is 273 g/mol. The SMILES string of the molecule is CCCCCCCCCCCCSCCC(C)C. The van der Waals surface area contributed by atoms with Gasteiger partial charge in [-0.2, -0.15) is 11.8 Å². The van der Waals surface area contributed by atoms with Gasteiger partial charge in [-0.25, -0.2) is 0 Å². The highest BCUT2D eigenvalue weighted by Crippen LogP contribution is 2.14. The summed E-state index contributed by atoms with van der Waals surface area (Å²) in [4.78, 5) is 0. The number of hydrogen-bond acceptors (Lipinski definition) is 1. The van der Waals surface area contributed by atoms with Crippen LogP contribution in [-0.2, 0) is 0 Å². The van der Waals surface area contributed by atoms with E-state index in [1.165, 1.54) is 82.1 Å². The molecule has 0 aliphatic rings. The Morgan fingerprint density at radius 2 is 1.17 bits per heavy atom. The molecule has 0 bridgehead atoms. The molecule has 18 heavy (non-hydrogen) atoms. The second kappa shape index (κ2) is 15.4. The van der Waals surface area contributed by atoms with Crippen molar-refractivity contribution in [2.45, 2.75) is 91.4 Å². The highest BCUT2D eigenvalue weighted by molar-refractivity contribution is 7.99. The van der Waals surface area contributed by atoms with E-state index in [9.17, 15) is 0 Å². The summed E-state index contributed by atoms with van der Waals surface area (Å²) in [6.07, 6.45) is 15.9. The Labute approximate surface area is 121 Å². The predicted molar refractivity (Wildman–Crippen MR) is 88.6 cm³/mol. The Kier molecular flexibility index (Phi) is 15.7. The van der Waals surface area contributed by atoms with Gasteiger partial charge in [0.15, 0.2) is 0 Å². The molecular weight excluding hydrogens is 236 g/mol. The summed E-state index contributed by atoms with van der Waals surface area (Å²) in [7, 11) is 0. The van der Waals surface area contributed by atoms with E-state index in [4.69, 9.17) is 0 Å². The average Bonchev–Trinajstić information content (AvgIpc) is 2.34. The Balaban J connectivity index is 2.90. The summed E-state index contributed by atoms with van der Waals surface area (Å²) in [5.41, 5.74) is 0. The lowest BCUT2D eigenvalue weighted by molar-refractivity contribution is 0.563. The van der Waals surface area contributed by atoms with Crippen LogP contribution in [0.4, 0.5) is 0 Å². The molecule has 0 saturated carbocycles. The van der Waals surface area contributed by atoms with E-state index in [0.29, 0.717) is 0 Å². The fourth-order valence-electron chi connectivity index (χ4n) is 2.11. The van der Waals surface area contributed by atoms with Gasteiger partial charge in [0, 0.05) is 0 Å². The van der Waals surface area contributed by atoms with Crippen LogP contribution in [0.1, 0.15) is 91.4 Å². The van der Waals surface area contributed by atoms with Crippen molar-refractivity contribution in [3.8, 4) is 0 Å². The topological polar surface area (TPSA) is 0 Å². The van der Waals surface area contributed by atoms with Crippen LogP contribution in [0, 0.1) is 5.92 Å². The van der Waals surface area contributed by atoms with Gasteiger partial charge in [0.05, 0.1) is 0 Å². The van der Waals surface area contributed by atoms with E-state index in [1.807, 2.05) is 0 Å². The summed E-state index contributed by atoms with van der Waals surface area (Å²) in [6.45, 7) is 6.93. The van der Waals surface area contributed by atoms with Gasteiger partial charge in [-0.1, -0.05) is 78.6 Å². The van der Waals surface area contributed by atoms with Crippen molar-refractivity contribution in [2.24, 2.45) is 5.92 Å². The first-order valence-electron chi connectivity index (χ1n) is 8.35. The molecule has 0 nitrogen and oxygen atoms in total. The van der Waals surface area contributed by atoms with Crippen LogP contribution in [-0.4, -0.2) is 11.5 Å². The standard InChI is InChI=1S/C17H36S/c1-4-5-6-7-8-9-10-11-12-13-15-18-16-14-17(2)3/h17H,4-16H2,1-3H3. The third kappa shape index (κ3) is 16.4. The van der Waals surface area contributed by atoms with Crippen molar-refractivity contribution in [1.82, 2.24) is 0 Å². The second-order valence-electron chi connectivity index (χ2n) is 5.98. The predicted octanol–water partition coefficient (Wildman–Crippen LogP) is 6.69. The maximum Gasteiger partial charge on any atom is -0.00651 e. The molecule has 110 valence electrons. The molecule has 0 N–H and O–H groups in total. The van der Waals surface area contributed by atoms with E-state index < -0.39 is 0 Å². The van der Waals surface area contributed by atoms with Crippen molar-refractivity contribution in [1.29, 1.82) is 0 Å². The summed E-state index contributed by atoms with van der Waals surface area (Å²) in [5, 5.41) is 0. The van der Waals surface area contributed by atoms with Gasteiger partial charge in [-0.05, 0) is 30.3 Å². The van der Waals surface area contributed by atoms with E-state index >= 15 is 0 Å². The number of unbranched alkanes of at least 4 members (excludes halogenated alkanes) is 9. The van der Waals surface area contributed by atoms with Gasteiger partial charge < -0.3 is 0 Å². The minimum Gasteiger partial charge on any atom is -0.162 e. The van der Waals surface area contributed by atoms with Crippen molar-refractivity contribution in [3.05, 3.63) is 0 Å². The van der Waals surface area contributed by atoms with Crippen molar-refractivity contribution in [2.75, 3.05) is 11.5 Å². The zero-order valence-corrected chi connectivity index (χ0v) is 14.0. The van der Waals surface area contributed by atoms with Gasteiger partial charge in [0.1, 0.15) is 0 Å². The zero-order chi connectivity index (χ0) is 13.5. The van der Waals surface area contributed by atoms with Crippen LogP contribution in [0.2, 0.25) is 0 Å². The molecular formula is C17H36S. The molecule has 0 unspecified atom stereocenters. The zero-order valence-electron chi connectivity index (χ0n) is 13.2. The van der Waals surface area contributed by atoms with E-state index in [0.717, 1.165) is 5.92 Å². The summed E-state index contributed by atoms with van der Waals surface area (Å²) < 4.78 is 0. The van der Waals surface area contributed by atoms with Crippen LogP contribution < -0.4 is 0 Å². The molecule has 0 amide bonds. The molecule has 0 aromatic rings. The Bertz CT molecular complexity index is 143. The lowest BCUT2D eigenvalue weighted by Gasteiger charge is -2.04. The van der Waals surface area contributed by atoms with Crippen LogP contribution in [0.15, 0.2) is 0 Å². The molecule has 0 aliphatic heterocycles. The molecule has 0 fully saturated rings. The molecule has 0 aliphatic carbocycles. The van der Waals surface area contributed by atoms with Gasteiger partial charge in [0.25, 0.3) is 0 Å². The Morgan fingerprint density at radius 1 is 0.667 bits per heavy atom.